The highest BCUT2D eigenvalue weighted by atomic mass is 35.5. The average molecular weight is 398 g/mol. The summed E-state index contributed by atoms with van der Waals surface area (Å²) in [5, 5.41) is 4.93. The van der Waals surface area contributed by atoms with Crippen molar-refractivity contribution in [1.82, 2.24) is 0 Å². The number of amides is 1. The van der Waals surface area contributed by atoms with E-state index in [0.717, 1.165) is 10.8 Å². The SMILES string of the molecule is CCOC(=O)c1ccc(NC(=O)C(C)Oc2cccc3ccccc23)cc1Cl. The molecule has 1 unspecified atom stereocenters. The van der Waals surface area contributed by atoms with E-state index in [1.807, 2.05) is 42.5 Å². The molecular formula is C22H20ClNO4. The Balaban J connectivity index is 1.70. The zero-order valence-corrected chi connectivity index (χ0v) is 16.3. The molecular weight excluding hydrogens is 378 g/mol. The smallest absolute Gasteiger partial charge is 0.339 e. The number of carbonyl (C=O) groups is 2. The molecule has 3 aromatic carbocycles. The predicted molar refractivity (Wildman–Crippen MR) is 110 cm³/mol. The molecule has 1 atom stereocenters. The molecule has 0 saturated carbocycles. The van der Waals surface area contributed by atoms with Crippen molar-refractivity contribution in [3.05, 3.63) is 71.2 Å². The minimum atomic E-state index is -0.727. The molecule has 28 heavy (non-hydrogen) atoms. The second kappa shape index (κ2) is 8.76. The number of rotatable bonds is 6. The lowest BCUT2D eigenvalue weighted by Crippen LogP contribution is -2.30. The molecule has 3 aromatic rings. The van der Waals surface area contributed by atoms with Crippen LogP contribution in [0.15, 0.2) is 60.7 Å². The Kier molecular flexibility index (Phi) is 6.16. The molecule has 3 rings (SSSR count). The lowest BCUT2D eigenvalue weighted by Gasteiger charge is -2.16. The van der Waals surface area contributed by atoms with Gasteiger partial charge in [0.2, 0.25) is 0 Å². The normalized spacial score (nSPS) is 11.7. The van der Waals surface area contributed by atoms with Crippen LogP contribution in [-0.4, -0.2) is 24.6 Å². The summed E-state index contributed by atoms with van der Waals surface area (Å²) in [6.07, 6.45) is -0.727. The van der Waals surface area contributed by atoms with E-state index in [9.17, 15) is 9.59 Å². The highest BCUT2D eigenvalue weighted by molar-refractivity contribution is 6.34. The maximum Gasteiger partial charge on any atom is 0.339 e. The third-order valence-electron chi connectivity index (χ3n) is 4.15. The van der Waals surface area contributed by atoms with Gasteiger partial charge < -0.3 is 14.8 Å². The highest BCUT2D eigenvalue weighted by Crippen LogP contribution is 2.26. The zero-order valence-electron chi connectivity index (χ0n) is 15.6. The van der Waals surface area contributed by atoms with Crippen LogP contribution in [0, 0.1) is 0 Å². The minimum absolute atomic E-state index is 0.207. The van der Waals surface area contributed by atoms with Crippen molar-refractivity contribution in [3.8, 4) is 5.75 Å². The minimum Gasteiger partial charge on any atom is -0.480 e. The van der Waals surface area contributed by atoms with Crippen molar-refractivity contribution >= 4 is 39.9 Å². The summed E-state index contributed by atoms with van der Waals surface area (Å²) in [6, 6.07) is 18.1. The average Bonchev–Trinajstić information content (AvgIpc) is 2.68. The predicted octanol–water partition coefficient (Wildman–Crippen LogP) is 5.08. The van der Waals surface area contributed by atoms with Crippen LogP contribution in [0.3, 0.4) is 0 Å². The van der Waals surface area contributed by atoms with Crippen LogP contribution in [0.2, 0.25) is 5.02 Å². The van der Waals surface area contributed by atoms with E-state index in [4.69, 9.17) is 21.1 Å². The summed E-state index contributed by atoms with van der Waals surface area (Å²) >= 11 is 6.13. The van der Waals surface area contributed by atoms with Crippen LogP contribution in [0.1, 0.15) is 24.2 Å². The number of anilines is 1. The largest absolute Gasteiger partial charge is 0.480 e. The lowest BCUT2D eigenvalue weighted by atomic mass is 10.1. The van der Waals surface area contributed by atoms with Crippen LogP contribution in [0.25, 0.3) is 10.8 Å². The van der Waals surface area contributed by atoms with Gasteiger partial charge in [0.25, 0.3) is 5.91 Å². The van der Waals surface area contributed by atoms with Crippen LogP contribution in [0.5, 0.6) is 5.75 Å². The van der Waals surface area contributed by atoms with E-state index in [-0.39, 0.29) is 23.1 Å². The van der Waals surface area contributed by atoms with Crippen molar-refractivity contribution in [1.29, 1.82) is 0 Å². The summed E-state index contributed by atoms with van der Waals surface area (Å²) in [7, 11) is 0. The fourth-order valence-electron chi connectivity index (χ4n) is 2.75. The van der Waals surface area contributed by atoms with Crippen molar-refractivity contribution in [2.24, 2.45) is 0 Å². The summed E-state index contributed by atoms with van der Waals surface area (Å²) in [5.74, 6) is -0.192. The fourth-order valence-corrected chi connectivity index (χ4v) is 3.01. The van der Waals surface area contributed by atoms with Gasteiger partial charge >= 0.3 is 5.97 Å². The molecule has 6 heteroatoms. The first-order chi connectivity index (χ1) is 13.5. The Labute approximate surface area is 168 Å². The first-order valence-corrected chi connectivity index (χ1v) is 9.29. The number of esters is 1. The summed E-state index contributed by atoms with van der Waals surface area (Å²) in [6.45, 7) is 3.65. The molecule has 0 saturated heterocycles. The number of hydrogen-bond acceptors (Lipinski definition) is 4. The Hall–Kier alpha value is -3.05. The van der Waals surface area contributed by atoms with E-state index in [2.05, 4.69) is 5.32 Å². The molecule has 1 N–H and O–H groups in total. The van der Waals surface area contributed by atoms with Gasteiger partial charge in [0.1, 0.15) is 5.75 Å². The lowest BCUT2D eigenvalue weighted by molar-refractivity contribution is -0.122. The second-order valence-electron chi connectivity index (χ2n) is 6.14. The quantitative estimate of drug-likeness (QED) is 0.589. The van der Waals surface area contributed by atoms with Gasteiger partial charge in [-0.3, -0.25) is 4.79 Å². The highest BCUT2D eigenvalue weighted by Gasteiger charge is 2.18. The van der Waals surface area contributed by atoms with Gasteiger partial charge in [0, 0.05) is 11.1 Å². The Bertz CT molecular complexity index is 1010. The number of hydrogen-bond donors (Lipinski definition) is 1. The summed E-state index contributed by atoms with van der Waals surface area (Å²) < 4.78 is 10.8. The van der Waals surface area contributed by atoms with Gasteiger partial charge in [0.15, 0.2) is 6.10 Å². The number of benzene rings is 3. The maximum atomic E-state index is 12.5. The number of halogens is 1. The molecule has 0 aliphatic carbocycles. The molecule has 144 valence electrons. The topological polar surface area (TPSA) is 64.6 Å². The van der Waals surface area contributed by atoms with E-state index in [1.54, 1.807) is 19.9 Å². The van der Waals surface area contributed by atoms with Crippen LogP contribution in [-0.2, 0) is 9.53 Å². The zero-order chi connectivity index (χ0) is 20.1. The van der Waals surface area contributed by atoms with Gasteiger partial charge in [-0.25, -0.2) is 4.79 Å². The molecule has 0 heterocycles. The number of nitrogens with one attached hydrogen (secondary N) is 1. The first-order valence-electron chi connectivity index (χ1n) is 8.91. The molecule has 1 amide bonds. The third-order valence-corrected chi connectivity index (χ3v) is 4.47. The molecule has 0 aliphatic heterocycles. The molecule has 0 radical (unpaired) electrons. The van der Waals surface area contributed by atoms with Crippen molar-refractivity contribution in [3.63, 3.8) is 0 Å². The summed E-state index contributed by atoms with van der Waals surface area (Å²) in [5.41, 5.74) is 0.720. The van der Waals surface area contributed by atoms with Gasteiger partial charge in [-0.1, -0.05) is 48.0 Å². The van der Waals surface area contributed by atoms with Crippen LogP contribution < -0.4 is 10.1 Å². The van der Waals surface area contributed by atoms with Crippen LogP contribution in [0.4, 0.5) is 5.69 Å². The standard InChI is InChI=1S/C22H20ClNO4/c1-3-27-22(26)18-12-11-16(13-19(18)23)24-21(25)14(2)28-20-10-6-8-15-7-4-5-9-17(15)20/h4-14H,3H2,1-2H3,(H,24,25). The number of ether oxygens (including phenoxy) is 2. The van der Waals surface area contributed by atoms with E-state index < -0.39 is 12.1 Å². The van der Waals surface area contributed by atoms with Gasteiger partial charge in [-0.2, -0.15) is 0 Å². The Morgan fingerprint density at radius 3 is 2.57 bits per heavy atom. The Morgan fingerprint density at radius 2 is 1.82 bits per heavy atom. The van der Waals surface area contributed by atoms with Gasteiger partial charge in [-0.05, 0) is 43.5 Å². The van der Waals surface area contributed by atoms with Gasteiger partial charge in [-0.15, -0.1) is 0 Å². The second-order valence-corrected chi connectivity index (χ2v) is 6.55. The van der Waals surface area contributed by atoms with Crippen molar-refractivity contribution in [2.75, 3.05) is 11.9 Å². The number of carbonyl (C=O) groups excluding carboxylic acids is 2. The number of fused-ring (bicyclic) bond motifs is 1. The van der Waals surface area contributed by atoms with Gasteiger partial charge in [0.05, 0.1) is 17.2 Å². The first kappa shape index (κ1) is 19.7. The van der Waals surface area contributed by atoms with E-state index >= 15 is 0 Å². The summed E-state index contributed by atoms with van der Waals surface area (Å²) in [4.78, 5) is 24.3. The van der Waals surface area contributed by atoms with Crippen molar-refractivity contribution < 1.29 is 19.1 Å². The molecule has 0 bridgehead atoms. The monoisotopic (exact) mass is 397 g/mol. The van der Waals surface area contributed by atoms with Crippen LogP contribution >= 0.6 is 11.6 Å². The molecule has 0 spiro atoms. The Morgan fingerprint density at radius 1 is 1.07 bits per heavy atom. The van der Waals surface area contributed by atoms with Crippen molar-refractivity contribution in [2.45, 2.75) is 20.0 Å². The molecule has 5 nitrogen and oxygen atoms in total. The fraction of sp³-hybridized carbons (Fsp3) is 0.182. The maximum absolute atomic E-state index is 12.5. The van der Waals surface area contributed by atoms with E-state index in [0.29, 0.717) is 11.4 Å². The third kappa shape index (κ3) is 4.43. The molecule has 0 aromatic heterocycles. The molecule has 0 fully saturated rings. The molecule has 0 aliphatic rings. The van der Waals surface area contributed by atoms with E-state index in [1.165, 1.54) is 12.1 Å².